The Bertz CT molecular complexity index is 188. The Morgan fingerprint density at radius 3 is 2.31 bits per heavy atom. The zero-order chi connectivity index (χ0) is 12.4. The summed E-state index contributed by atoms with van der Waals surface area (Å²) in [5, 5.41) is 6.05. The Hall–Kier alpha value is -0.770. The molecule has 1 amide bonds. The van der Waals surface area contributed by atoms with Gasteiger partial charge in [0.2, 0.25) is 0 Å². The molecule has 96 valence electrons. The quantitative estimate of drug-likeness (QED) is 0.660. The Morgan fingerprint density at radius 1 is 1.12 bits per heavy atom. The first-order valence-corrected chi connectivity index (χ1v) is 6.13. The largest absolute Gasteiger partial charge is 0.444 e. The second kappa shape index (κ2) is 8.39. The van der Waals surface area contributed by atoms with E-state index in [1.54, 1.807) is 0 Å². The van der Waals surface area contributed by atoms with Crippen LogP contribution in [0.25, 0.3) is 0 Å². The van der Waals surface area contributed by atoms with Crippen molar-refractivity contribution in [1.29, 1.82) is 0 Å². The number of unbranched alkanes of at least 4 members (excludes halogenated alkanes) is 1. The van der Waals surface area contributed by atoms with Gasteiger partial charge in [0.1, 0.15) is 5.60 Å². The Kier molecular flexibility index (Phi) is 7.99. The lowest BCUT2D eigenvalue weighted by atomic mass is 10.2. The molecule has 0 aliphatic rings. The van der Waals surface area contributed by atoms with E-state index >= 15 is 0 Å². The number of rotatable bonds is 7. The van der Waals surface area contributed by atoms with E-state index < -0.39 is 5.60 Å². The van der Waals surface area contributed by atoms with Crippen molar-refractivity contribution in [2.24, 2.45) is 0 Å². The second-order valence-electron chi connectivity index (χ2n) is 4.89. The van der Waals surface area contributed by atoms with E-state index in [4.69, 9.17) is 4.74 Å². The van der Waals surface area contributed by atoms with Crippen molar-refractivity contribution < 1.29 is 9.53 Å². The van der Waals surface area contributed by atoms with Crippen molar-refractivity contribution in [2.45, 2.75) is 52.6 Å². The summed E-state index contributed by atoms with van der Waals surface area (Å²) in [6.45, 7) is 10.4. The predicted molar refractivity (Wildman–Crippen MR) is 66.6 cm³/mol. The molecule has 0 radical (unpaired) electrons. The Labute approximate surface area is 99.1 Å². The van der Waals surface area contributed by atoms with Crippen molar-refractivity contribution >= 4 is 6.09 Å². The third kappa shape index (κ3) is 11.3. The van der Waals surface area contributed by atoms with Gasteiger partial charge in [0.05, 0.1) is 0 Å². The number of carbonyl (C=O) groups is 1. The van der Waals surface area contributed by atoms with Gasteiger partial charge >= 0.3 is 6.09 Å². The van der Waals surface area contributed by atoms with Crippen LogP contribution in [0.5, 0.6) is 0 Å². The zero-order valence-electron chi connectivity index (χ0n) is 11.1. The highest BCUT2D eigenvalue weighted by atomic mass is 16.6. The first kappa shape index (κ1) is 15.2. The maximum absolute atomic E-state index is 11.2. The third-order valence-electron chi connectivity index (χ3n) is 1.91. The summed E-state index contributed by atoms with van der Waals surface area (Å²) in [6.07, 6.45) is 3.02. The van der Waals surface area contributed by atoms with E-state index in [0.717, 1.165) is 19.5 Å². The van der Waals surface area contributed by atoms with Crippen molar-refractivity contribution in [3.05, 3.63) is 0 Å². The van der Waals surface area contributed by atoms with Gasteiger partial charge in [0.15, 0.2) is 0 Å². The van der Waals surface area contributed by atoms with Crippen LogP contribution in [0.3, 0.4) is 0 Å². The van der Waals surface area contributed by atoms with Gasteiger partial charge in [-0.05, 0) is 46.7 Å². The number of alkyl carbamates (subject to hydrolysis) is 1. The average Bonchev–Trinajstić information content (AvgIpc) is 2.13. The fourth-order valence-electron chi connectivity index (χ4n) is 1.14. The molecule has 0 rings (SSSR count). The fourth-order valence-corrected chi connectivity index (χ4v) is 1.14. The molecule has 0 heterocycles. The predicted octanol–water partition coefficient (Wildman–Crippen LogP) is 2.29. The monoisotopic (exact) mass is 230 g/mol. The molecule has 0 saturated heterocycles. The Morgan fingerprint density at radius 2 is 1.75 bits per heavy atom. The molecule has 0 unspecified atom stereocenters. The molecule has 0 atom stereocenters. The van der Waals surface area contributed by atoms with Gasteiger partial charge in [-0.3, -0.25) is 0 Å². The van der Waals surface area contributed by atoms with E-state index in [0.29, 0.717) is 6.54 Å². The number of amides is 1. The van der Waals surface area contributed by atoms with Crippen LogP contribution in [0.1, 0.15) is 47.0 Å². The number of hydrogen-bond acceptors (Lipinski definition) is 3. The minimum absolute atomic E-state index is 0.332. The Balaban J connectivity index is 3.28. The lowest BCUT2D eigenvalue weighted by molar-refractivity contribution is 0.0527. The highest BCUT2D eigenvalue weighted by Gasteiger charge is 2.15. The van der Waals surface area contributed by atoms with Crippen molar-refractivity contribution in [2.75, 3.05) is 19.6 Å². The van der Waals surface area contributed by atoms with E-state index in [2.05, 4.69) is 17.6 Å². The molecular formula is C12H26N2O2. The summed E-state index contributed by atoms with van der Waals surface area (Å²) in [7, 11) is 0. The molecule has 0 spiro atoms. The highest BCUT2D eigenvalue weighted by Crippen LogP contribution is 2.06. The molecule has 0 bridgehead atoms. The van der Waals surface area contributed by atoms with Crippen LogP contribution in [-0.4, -0.2) is 31.3 Å². The van der Waals surface area contributed by atoms with Crippen molar-refractivity contribution in [3.8, 4) is 0 Å². The van der Waals surface area contributed by atoms with Gasteiger partial charge < -0.3 is 15.4 Å². The molecule has 0 saturated carbocycles. The maximum Gasteiger partial charge on any atom is 0.407 e. The second-order valence-corrected chi connectivity index (χ2v) is 4.89. The van der Waals surface area contributed by atoms with Crippen LogP contribution in [0.15, 0.2) is 0 Å². The number of carbonyl (C=O) groups excluding carboxylic acids is 1. The molecule has 4 nitrogen and oxygen atoms in total. The normalized spacial score (nSPS) is 11.2. The van der Waals surface area contributed by atoms with Gasteiger partial charge in [0.25, 0.3) is 0 Å². The third-order valence-corrected chi connectivity index (χ3v) is 1.91. The molecule has 0 fully saturated rings. The van der Waals surface area contributed by atoms with Crippen LogP contribution in [0.2, 0.25) is 0 Å². The standard InChI is InChI=1S/C12H26N2O2/c1-5-6-8-13-9-7-10-14-11(15)16-12(2,3)4/h13H,5-10H2,1-4H3,(H,14,15). The lowest BCUT2D eigenvalue weighted by Crippen LogP contribution is -2.34. The van der Waals surface area contributed by atoms with Crippen LogP contribution in [-0.2, 0) is 4.74 Å². The summed E-state index contributed by atoms with van der Waals surface area (Å²) in [4.78, 5) is 11.2. The smallest absolute Gasteiger partial charge is 0.407 e. The molecule has 0 aromatic heterocycles. The van der Waals surface area contributed by atoms with Gasteiger partial charge in [-0.1, -0.05) is 13.3 Å². The van der Waals surface area contributed by atoms with E-state index in [1.807, 2.05) is 20.8 Å². The van der Waals surface area contributed by atoms with Crippen LogP contribution < -0.4 is 10.6 Å². The SMILES string of the molecule is CCCCNCCCNC(=O)OC(C)(C)C. The van der Waals surface area contributed by atoms with E-state index in [9.17, 15) is 4.79 Å². The molecule has 0 aromatic carbocycles. The van der Waals surface area contributed by atoms with Gasteiger partial charge in [0, 0.05) is 6.54 Å². The number of nitrogens with one attached hydrogen (secondary N) is 2. The average molecular weight is 230 g/mol. The molecule has 0 aliphatic heterocycles. The van der Waals surface area contributed by atoms with Gasteiger partial charge in [-0.25, -0.2) is 4.79 Å². The van der Waals surface area contributed by atoms with Crippen molar-refractivity contribution in [3.63, 3.8) is 0 Å². The summed E-state index contributed by atoms with van der Waals surface area (Å²) in [5.74, 6) is 0. The van der Waals surface area contributed by atoms with E-state index in [-0.39, 0.29) is 6.09 Å². The zero-order valence-corrected chi connectivity index (χ0v) is 11.1. The maximum atomic E-state index is 11.2. The summed E-state index contributed by atoms with van der Waals surface area (Å²) in [5.41, 5.74) is -0.413. The molecular weight excluding hydrogens is 204 g/mol. The van der Waals surface area contributed by atoms with Gasteiger partial charge in [-0.15, -0.1) is 0 Å². The summed E-state index contributed by atoms with van der Waals surface area (Å²) >= 11 is 0. The lowest BCUT2D eigenvalue weighted by Gasteiger charge is -2.19. The molecule has 0 aromatic rings. The van der Waals surface area contributed by atoms with E-state index in [1.165, 1.54) is 12.8 Å². The summed E-state index contributed by atoms with van der Waals surface area (Å²) < 4.78 is 5.11. The molecule has 16 heavy (non-hydrogen) atoms. The minimum atomic E-state index is -0.413. The first-order valence-electron chi connectivity index (χ1n) is 6.13. The fraction of sp³-hybridized carbons (Fsp3) is 0.917. The minimum Gasteiger partial charge on any atom is -0.444 e. The number of ether oxygens (including phenoxy) is 1. The first-order chi connectivity index (χ1) is 7.45. The summed E-state index contributed by atoms with van der Waals surface area (Å²) in [6, 6.07) is 0. The van der Waals surface area contributed by atoms with Gasteiger partial charge in [-0.2, -0.15) is 0 Å². The molecule has 4 heteroatoms. The van der Waals surface area contributed by atoms with Crippen LogP contribution in [0, 0.1) is 0 Å². The van der Waals surface area contributed by atoms with Crippen molar-refractivity contribution in [1.82, 2.24) is 10.6 Å². The molecule has 2 N–H and O–H groups in total. The number of hydrogen-bond donors (Lipinski definition) is 2. The van der Waals surface area contributed by atoms with Crippen LogP contribution >= 0.6 is 0 Å². The van der Waals surface area contributed by atoms with Crippen LogP contribution in [0.4, 0.5) is 4.79 Å². The molecule has 0 aliphatic carbocycles. The highest BCUT2D eigenvalue weighted by molar-refractivity contribution is 5.67. The topological polar surface area (TPSA) is 50.4 Å².